The van der Waals surface area contributed by atoms with Gasteiger partial charge in [-0.15, -0.1) is 0 Å². The predicted molar refractivity (Wildman–Crippen MR) is 35.9 cm³/mol. The molecule has 0 saturated heterocycles. The molecule has 1 atom stereocenters. The summed E-state index contributed by atoms with van der Waals surface area (Å²) in [6.07, 6.45) is 2.82. The lowest BCUT2D eigenvalue weighted by atomic mass is 10.0. The molecule has 1 aliphatic rings. The Balaban J connectivity index is 2.34. The Kier molecular flexibility index (Phi) is 1.31. The minimum Gasteiger partial charge on any atom is -0.317 e. The van der Waals surface area contributed by atoms with Crippen molar-refractivity contribution >= 4 is 0 Å². The fourth-order valence-corrected chi connectivity index (χ4v) is 0.979. The van der Waals surface area contributed by atoms with Gasteiger partial charge in [-0.3, -0.25) is 0 Å². The maximum Gasteiger partial charge on any atom is 0.00895 e. The average molecular weight is 113 g/mol. The van der Waals surface area contributed by atoms with Crippen molar-refractivity contribution in [2.75, 3.05) is 7.05 Å². The summed E-state index contributed by atoms with van der Waals surface area (Å²) in [5, 5.41) is 3.27. The predicted octanol–water partition coefficient (Wildman–Crippen LogP) is 1.39. The van der Waals surface area contributed by atoms with Crippen LogP contribution in [0.4, 0.5) is 0 Å². The molecule has 1 saturated carbocycles. The standard InChI is InChI=1S/C7H15N/c1-6(8-3)7(2)4-5-7/h6,8H,4-5H2,1-3H3/t6-/m1/s1. The molecule has 0 radical (unpaired) electrons. The van der Waals surface area contributed by atoms with Gasteiger partial charge in [0.2, 0.25) is 0 Å². The minimum absolute atomic E-state index is 0.648. The zero-order valence-electron chi connectivity index (χ0n) is 5.99. The number of hydrogen-bond acceptors (Lipinski definition) is 1. The van der Waals surface area contributed by atoms with Crippen molar-refractivity contribution in [3.8, 4) is 0 Å². The van der Waals surface area contributed by atoms with Crippen molar-refractivity contribution in [2.24, 2.45) is 5.41 Å². The third-order valence-electron chi connectivity index (χ3n) is 2.52. The van der Waals surface area contributed by atoms with Crippen molar-refractivity contribution in [3.63, 3.8) is 0 Å². The lowest BCUT2D eigenvalue weighted by Gasteiger charge is -2.16. The number of hydrogen-bond donors (Lipinski definition) is 1. The average Bonchev–Trinajstić information content (AvgIpc) is 2.47. The van der Waals surface area contributed by atoms with E-state index in [4.69, 9.17) is 0 Å². The maximum atomic E-state index is 3.27. The van der Waals surface area contributed by atoms with Crippen LogP contribution >= 0.6 is 0 Å². The van der Waals surface area contributed by atoms with Gasteiger partial charge in [-0.05, 0) is 32.2 Å². The monoisotopic (exact) mass is 113 g/mol. The maximum absolute atomic E-state index is 3.27. The zero-order valence-corrected chi connectivity index (χ0v) is 5.99. The highest BCUT2D eigenvalue weighted by Crippen LogP contribution is 2.47. The summed E-state index contributed by atoms with van der Waals surface area (Å²) in [5.74, 6) is 0. The van der Waals surface area contributed by atoms with Gasteiger partial charge < -0.3 is 5.32 Å². The van der Waals surface area contributed by atoms with Crippen LogP contribution in [0.25, 0.3) is 0 Å². The largest absolute Gasteiger partial charge is 0.317 e. The summed E-state index contributed by atoms with van der Waals surface area (Å²) in [6.45, 7) is 4.60. The van der Waals surface area contributed by atoms with Gasteiger partial charge in [0, 0.05) is 6.04 Å². The molecule has 1 fully saturated rings. The van der Waals surface area contributed by atoms with Gasteiger partial charge in [0.1, 0.15) is 0 Å². The van der Waals surface area contributed by atoms with E-state index in [1.165, 1.54) is 12.8 Å². The van der Waals surface area contributed by atoms with Crippen LogP contribution in [0.15, 0.2) is 0 Å². The van der Waals surface area contributed by atoms with E-state index in [1.54, 1.807) is 0 Å². The molecule has 1 heteroatoms. The van der Waals surface area contributed by atoms with Gasteiger partial charge in [0.25, 0.3) is 0 Å². The smallest absolute Gasteiger partial charge is 0.00895 e. The first-order valence-corrected chi connectivity index (χ1v) is 3.36. The van der Waals surface area contributed by atoms with Crippen molar-refractivity contribution in [2.45, 2.75) is 32.7 Å². The molecule has 1 rings (SSSR count). The third-order valence-corrected chi connectivity index (χ3v) is 2.52. The molecule has 1 aliphatic carbocycles. The van der Waals surface area contributed by atoms with Gasteiger partial charge in [-0.2, -0.15) is 0 Å². The van der Waals surface area contributed by atoms with Crippen molar-refractivity contribution in [1.82, 2.24) is 5.32 Å². The molecule has 0 bridgehead atoms. The van der Waals surface area contributed by atoms with E-state index in [1.807, 2.05) is 7.05 Å². The quantitative estimate of drug-likeness (QED) is 0.570. The summed E-state index contributed by atoms with van der Waals surface area (Å²) >= 11 is 0. The normalized spacial score (nSPS) is 27.4. The zero-order chi connectivity index (χ0) is 6.20. The second-order valence-corrected chi connectivity index (χ2v) is 3.16. The van der Waals surface area contributed by atoms with Gasteiger partial charge in [-0.25, -0.2) is 0 Å². The lowest BCUT2D eigenvalue weighted by Crippen LogP contribution is -2.29. The van der Waals surface area contributed by atoms with Gasteiger partial charge in [0.15, 0.2) is 0 Å². The Morgan fingerprint density at radius 3 is 2.12 bits per heavy atom. The highest BCUT2D eigenvalue weighted by atomic mass is 14.9. The Hall–Kier alpha value is -0.0400. The van der Waals surface area contributed by atoms with Crippen LogP contribution in [0.1, 0.15) is 26.7 Å². The number of nitrogens with one attached hydrogen (secondary N) is 1. The van der Waals surface area contributed by atoms with Crippen LogP contribution in [0.5, 0.6) is 0 Å². The summed E-state index contributed by atoms with van der Waals surface area (Å²) < 4.78 is 0. The first-order valence-electron chi connectivity index (χ1n) is 3.36. The summed E-state index contributed by atoms with van der Waals surface area (Å²) in [6, 6.07) is 0.711. The van der Waals surface area contributed by atoms with Crippen molar-refractivity contribution < 1.29 is 0 Å². The second kappa shape index (κ2) is 1.73. The van der Waals surface area contributed by atoms with E-state index in [0.29, 0.717) is 11.5 Å². The first kappa shape index (κ1) is 6.09. The van der Waals surface area contributed by atoms with Crippen LogP contribution in [0.2, 0.25) is 0 Å². The lowest BCUT2D eigenvalue weighted by molar-refractivity contribution is 0.406. The van der Waals surface area contributed by atoms with Crippen molar-refractivity contribution in [1.29, 1.82) is 0 Å². The van der Waals surface area contributed by atoms with Crippen LogP contribution in [-0.4, -0.2) is 13.1 Å². The first-order chi connectivity index (χ1) is 3.69. The number of rotatable bonds is 2. The molecule has 1 nitrogen and oxygen atoms in total. The highest BCUT2D eigenvalue weighted by Gasteiger charge is 2.41. The SMILES string of the molecule is CN[C@H](C)C1(C)CC1. The fraction of sp³-hybridized carbons (Fsp3) is 1.00. The molecule has 0 aromatic carbocycles. The van der Waals surface area contributed by atoms with Crippen LogP contribution < -0.4 is 5.32 Å². The molecule has 48 valence electrons. The molecule has 0 aromatic rings. The molecule has 0 heterocycles. The second-order valence-electron chi connectivity index (χ2n) is 3.16. The summed E-state index contributed by atoms with van der Waals surface area (Å²) in [5.41, 5.74) is 0.648. The van der Waals surface area contributed by atoms with Crippen LogP contribution in [0.3, 0.4) is 0 Å². The van der Waals surface area contributed by atoms with E-state index < -0.39 is 0 Å². The molecular formula is C7H15N. The molecule has 0 aliphatic heterocycles. The minimum atomic E-state index is 0.648. The van der Waals surface area contributed by atoms with E-state index in [0.717, 1.165) is 0 Å². The molecular weight excluding hydrogens is 98.1 g/mol. The summed E-state index contributed by atoms with van der Waals surface area (Å²) in [7, 11) is 2.04. The molecule has 8 heavy (non-hydrogen) atoms. The van der Waals surface area contributed by atoms with Gasteiger partial charge in [-0.1, -0.05) is 6.92 Å². The highest BCUT2D eigenvalue weighted by molar-refractivity contribution is 4.95. The van der Waals surface area contributed by atoms with E-state index >= 15 is 0 Å². The third kappa shape index (κ3) is 0.873. The van der Waals surface area contributed by atoms with Crippen LogP contribution in [-0.2, 0) is 0 Å². The molecule has 0 unspecified atom stereocenters. The topological polar surface area (TPSA) is 12.0 Å². The van der Waals surface area contributed by atoms with E-state index in [-0.39, 0.29) is 0 Å². The summed E-state index contributed by atoms with van der Waals surface area (Å²) in [4.78, 5) is 0. The Labute approximate surface area is 51.5 Å². The van der Waals surface area contributed by atoms with Crippen molar-refractivity contribution in [3.05, 3.63) is 0 Å². The Bertz CT molecular complexity index is 84.4. The van der Waals surface area contributed by atoms with Gasteiger partial charge >= 0.3 is 0 Å². The fourth-order valence-electron chi connectivity index (χ4n) is 0.979. The molecule has 1 N–H and O–H groups in total. The van der Waals surface area contributed by atoms with E-state index in [2.05, 4.69) is 19.2 Å². The Morgan fingerprint density at radius 2 is 2.00 bits per heavy atom. The molecule has 0 amide bonds. The van der Waals surface area contributed by atoms with Gasteiger partial charge in [0.05, 0.1) is 0 Å². The molecule has 0 aromatic heterocycles. The molecule has 0 spiro atoms. The van der Waals surface area contributed by atoms with Crippen LogP contribution in [0, 0.1) is 5.41 Å². The van der Waals surface area contributed by atoms with E-state index in [9.17, 15) is 0 Å². The Morgan fingerprint density at radius 1 is 1.50 bits per heavy atom.